The standard InChI is InChI=1S/C15H20O3/c1-10(2)14-12(11(3)6-7-16)4-5-13-15(14)18-9-8-17-13/h4-5,7,10-11H,6,8-9H2,1-3H3. The molecule has 0 bridgehead atoms. The van der Waals surface area contributed by atoms with Gasteiger partial charge in [0.25, 0.3) is 0 Å². The molecule has 98 valence electrons. The van der Waals surface area contributed by atoms with Gasteiger partial charge in [0.2, 0.25) is 0 Å². The Balaban J connectivity index is 2.49. The van der Waals surface area contributed by atoms with Crippen LogP contribution in [0, 0.1) is 0 Å². The molecular weight excluding hydrogens is 228 g/mol. The molecule has 1 unspecified atom stereocenters. The molecule has 1 atom stereocenters. The Morgan fingerprint density at radius 1 is 1.22 bits per heavy atom. The van der Waals surface area contributed by atoms with Crippen LogP contribution in [0.4, 0.5) is 0 Å². The molecule has 0 saturated carbocycles. The van der Waals surface area contributed by atoms with Crippen LogP contribution in [0.3, 0.4) is 0 Å². The maximum absolute atomic E-state index is 10.7. The van der Waals surface area contributed by atoms with E-state index in [4.69, 9.17) is 9.47 Å². The van der Waals surface area contributed by atoms with Crippen LogP contribution in [0.25, 0.3) is 0 Å². The quantitative estimate of drug-likeness (QED) is 0.767. The van der Waals surface area contributed by atoms with Gasteiger partial charge in [-0.15, -0.1) is 0 Å². The lowest BCUT2D eigenvalue weighted by molar-refractivity contribution is -0.108. The summed E-state index contributed by atoms with van der Waals surface area (Å²) in [5, 5.41) is 0. The molecular formula is C15H20O3. The van der Waals surface area contributed by atoms with E-state index in [-0.39, 0.29) is 5.92 Å². The van der Waals surface area contributed by atoms with Gasteiger partial charge < -0.3 is 14.3 Å². The van der Waals surface area contributed by atoms with Crippen molar-refractivity contribution >= 4 is 6.29 Å². The second-order valence-electron chi connectivity index (χ2n) is 5.05. The summed E-state index contributed by atoms with van der Waals surface area (Å²) in [6.45, 7) is 7.56. The molecule has 1 aliphatic heterocycles. The molecule has 1 aromatic carbocycles. The summed E-state index contributed by atoms with van der Waals surface area (Å²) in [5.74, 6) is 2.26. The number of hydrogen-bond acceptors (Lipinski definition) is 3. The van der Waals surface area contributed by atoms with Crippen LogP contribution in [-0.2, 0) is 4.79 Å². The summed E-state index contributed by atoms with van der Waals surface area (Å²) in [7, 11) is 0. The molecule has 18 heavy (non-hydrogen) atoms. The second-order valence-corrected chi connectivity index (χ2v) is 5.05. The van der Waals surface area contributed by atoms with Crippen molar-refractivity contribution in [3.05, 3.63) is 23.3 Å². The molecule has 2 rings (SSSR count). The Bertz CT molecular complexity index is 438. The minimum atomic E-state index is 0.218. The van der Waals surface area contributed by atoms with E-state index in [0.717, 1.165) is 17.8 Å². The molecule has 0 aliphatic carbocycles. The molecule has 1 aromatic rings. The second kappa shape index (κ2) is 5.42. The number of carbonyl (C=O) groups excluding carboxylic acids is 1. The summed E-state index contributed by atoms with van der Waals surface area (Å²) in [4.78, 5) is 10.7. The maximum Gasteiger partial charge on any atom is 0.165 e. The van der Waals surface area contributed by atoms with E-state index in [0.29, 0.717) is 25.6 Å². The predicted octanol–water partition coefficient (Wildman–Crippen LogP) is 3.27. The smallest absolute Gasteiger partial charge is 0.165 e. The molecule has 0 aromatic heterocycles. The van der Waals surface area contributed by atoms with Gasteiger partial charge in [-0.05, 0) is 23.5 Å². The van der Waals surface area contributed by atoms with Gasteiger partial charge in [-0.1, -0.05) is 26.8 Å². The van der Waals surface area contributed by atoms with Crippen molar-refractivity contribution in [1.82, 2.24) is 0 Å². The first-order valence-corrected chi connectivity index (χ1v) is 6.51. The van der Waals surface area contributed by atoms with Gasteiger partial charge in [-0.25, -0.2) is 0 Å². The third-order valence-corrected chi connectivity index (χ3v) is 3.34. The number of hydrogen-bond donors (Lipinski definition) is 0. The lowest BCUT2D eigenvalue weighted by Gasteiger charge is -2.26. The molecule has 0 radical (unpaired) electrons. The van der Waals surface area contributed by atoms with Gasteiger partial charge in [0.15, 0.2) is 11.5 Å². The van der Waals surface area contributed by atoms with Crippen LogP contribution in [0.5, 0.6) is 11.5 Å². The van der Waals surface area contributed by atoms with Crippen molar-refractivity contribution in [3.8, 4) is 11.5 Å². The first kappa shape index (κ1) is 12.9. The van der Waals surface area contributed by atoms with E-state index in [1.54, 1.807) is 0 Å². The highest BCUT2D eigenvalue weighted by atomic mass is 16.6. The SMILES string of the molecule is CC(C)c1c(C(C)CC=O)ccc2c1OCCO2. The number of ether oxygens (including phenoxy) is 2. The zero-order valence-electron chi connectivity index (χ0n) is 11.2. The average Bonchev–Trinajstić information content (AvgIpc) is 2.37. The monoisotopic (exact) mass is 248 g/mol. The van der Waals surface area contributed by atoms with Crippen LogP contribution in [0.1, 0.15) is 50.2 Å². The highest BCUT2D eigenvalue weighted by molar-refractivity contribution is 5.57. The Hall–Kier alpha value is -1.51. The fourth-order valence-electron chi connectivity index (χ4n) is 2.45. The topological polar surface area (TPSA) is 35.5 Å². The lowest BCUT2D eigenvalue weighted by atomic mass is 9.87. The molecule has 0 fully saturated rings. The number of aldehydes is 1. The van der Waals surface area contributed by atoms with Crippen molar-refractivity contribution in [1.29, 1.82) is 0 Å². The lowest BCUT2D eigenvalue weighted by Crippen LogP contribution is -2.18. The maximum atomic E-state index is 10.7. The zero-order valence-corrected chi connectivity index (χ0v) is 11.2. The highest BCUT2D eigenvalue weighted by Crippen LogP contribution is 2.42. The number of fused-ring (bicyclic) bond motifs is 1. The first-order valence-electron chi connectivity index (χ1n) is 6.51. The van der Waals surface area contributed by atoms with E-state index in [9.17, 15) is 4.79 Å². The van der Waals surface area contributed by atoms with Gasteiger partial charge in [0, 0.05) is 12.0 Å². The molecule has 0 N–H and O–H groups in total. The summed E-state index contributed by atoms with van der Waals surface area (Å²) in [6, 6.07) is 4.02. The Morgan fingerprint density at radius 3 is 2.61 bits per heavy atom. The number of benzene rings is 1. The molecule has 0 amide bonds. The van der Waals surface area contributed by atoms with E-state index >= 15 is 0 Å². The van der Waals surface area contributed by atoms with Crippen molar-refractivity contribution in [2.24, 2.45) is 0 Å². The molecule has 3 heteroatoms. The first-order chi connectivity index (χ1) is 8.65. The summed E-state index contributed by atoms with van der Waals surface area (Å²) >= 11 is 0. The molecule has 3 nitrogen and oxygen atoms in total. The van der Waals surface area contributed by atoms with Crippen LogP contribution in [0.2, 0.25) is 0 Å². The molecule has 1 aliphatic rings. The van der Waals surface area contributed by atoms with Crippen LogP contribution >= 0.6 is 0 Å². The van der Waals surface area contributed by atoms with Crippen molar-refractivity contribution < 1.29 is 14.3 Å². The summed E-state index contributed by atoms with van der Waals surface area (Å²) in [5.41, 5.74) is 2.38. The van der Waals surface area contributed by atoms with Crippen LogP contribution < -0.4 is 9.47 Å². The molecule has 0 saturated heterocycles. The van der Waals surface area contributed by atoms with Gasteiger partial charge >= 0.3 is 0 Å². The minimum Gasteiger partial charge on any atom is -0.486 e. The van der Waals surface area contributed by atoms with Crippen molar-refractivity contribution in [2.45, 2.75) is 39.0 Å². The van der Waals surface area contributed by atoms with E-state index in [1.165, 1.54) is 11.1 Å². The fourth-order valence-corrected chi connectivity index (χ4v) is 2.45. The Kier molecular flexibility index (Phi) is 3.90. The average molecular weight is 248 g/mol. The normalized spacial score (nSPS) is 15.6. The van der Waals surface area contributed by atoms with E-state index in [2.05, 4.69) is 26.8 Å². The minimum absolute atomic E-state index is 0.218. The summed E-state index contributed by atoms with van der Waals surface area (Å²) < 4.78 is 11.4. The van der Waals surface area contributed by atoms with Gasteiger partial charge in [-0.3, -0.25) is 0 Å². The highest BCUT2D eigenvalue weighted by Gasteiger charge is 2.23. The predicted molar refractivity (Wildman–Crippen MR) is 70.6 cm³/mol. The zero-order chi connectivity index (χ0) is 13.1. The third kappa shape index (κ3) is 2.35. The Labute approximate surface area is 108 Å². The van der Waals surface area contributed by atoms with Gasteiger partial charge in [0.1, 0.15) is 19.5 Å². The van der Waals surface area contributed by atoms with Crippen LogP contribution in [-0.4, -0.2) is 19.5 Å². The van der Waals surface area contributed by atoms with Crippen LogP contribution in [0.15, 0.2) is 12.1 Å². The van der Waals surface area contributed by atoms with Gasteiger partial charge in [-0.2, -0.15) is 0 Å². The number of rotatable bonds is 4. The van der Waals surface area contributed by atoms with E-state index in [1.807, 2.05) is 6.07 Å². The van der Waals surface area contributed by atoms with Crippen molar-refractivity contribution in [3.63, 3.8) is 0 Å². The Morgan fingerprint density at radius 2 is 1.94 bits per heavy atom. The van der Waals surface area contributed by atoms with E-state index < -0.39 is 0 Å². The molecule has 0 spiro atoms. The number of carbonyl (C=O) groups is 1. The van der Waals surface area contributed by atoms with Crippen molar-refractivity contribution in [2.75, 3.05) is 13.2 Å². The summed E-state index contributed by atoms with van der Waals surface area (Å²) in [6.07, 6.45) is 1.52. The third-order valence-electron chi connectivity index (χ3n) is 3.34. The largest absolute Gasteiger partial charge is 0.486 e. The fraction of sp³-hybridized carbons (Fsp3) is 0.533. The molecule has 1 heterocycles. The van der Waals surface area contributed by atoms with Gasteiger partial charge in [0.05, 0.1) is 0 Å².